The van der Waals surface area contributed by atoms with Gasteiger partial charge in [-0.15, -0.1) is 5.10 Å². The van der Waals surface area contributed by atoms with E-state index in [-0.39, 0.29) is 6.04 Å². The third-order valence-electron chi connectivity index (χ3n) is 4.92. The minimum atomic E-state index is -0.387. The highest BCUT2D eigenvalue weighted by Gasteiger charge is 2.21. The number of nitrogens with two attached hydrogens (primary N) is 1. The third-order valence-corrected chi connectivity index (χ3v) is 4.92. The normalized spacial score (nSPS) is 16.7. The fourth-order valence-electron chi connectivity index (χ4n) is 3.24. The third kappa shape index (κ3) is 3.94. The molecule has 0 bridgehead atoms. The molecule has 1 atom stereocenters. The van der Waals surface area contributed by atoms with E-state index in [0.717, 1.165) is 24.7 Å². The first-order valence-electron chi connectivity index (χ1n) is 8.70. The Kier molecular flexibility index (Phi) is 5.48. The van der Waals surface area contributed by atoms with Gasteiger partial charge in [-0.25, -0.2) is 0 Å². The average Bonchev–Trinajstić information content (AvgIpc) is 3.31. The van der Waals surface area contributed by atoms with E-state index < -0.39 is 0 Å². The van der Waals surface area contributed by atoms with Crippen LogP contribution in [0.1, 0.15) is 43.2 Å². The van der Waals surface area contributed by atoms with Crippen LogP contribution in [0.3, 0.4) is 0 Å². The van der Waals surface area contributed by atoms with Gasteiger partial charge in [0, 0.05) is 26.2 Å². The zero-order chi connectivity index (χ0) is 16.9. The van der Waals surface area contributed by atoms with Crippen LogP contribution in [0.25, 0.3) is 0 Å². The summed E-state index contributed by atoms with van der Waals surface area (Å²) in [6.45, 7) is 1.85. The molecule has 1 aliphatic rings. The van der Waals surface area contributed by atoms with E-state index in [1.165, 1.54) is 25.7 Å². The summed E-state index contributed by atoms with van der Waals surface area (Å²) in [5.74, 6) is 0.451. The molecule has 0 unspecified atom stereocenters. The number of anilines is 1. The Morgan fingerprint density at radius 3 is 2.54 bits per heavy atom. The minimum Gasteiger partial charge on any atom is -0.406 e. The van der Waals surface area contributed by atoms with Crippen LogP contribution in [0.15, 0.2) is 34.7 Å². The van der Waals surface area contributed by atoms with Gasteiger partial charge in [-0.2, -0.15) is 0 Å². The van der Waals surface area contributed by atoms with Gasteiger partial charge in [0.05, 0.1) is 0 Å². The smallest absolute Gasteiger partial charge is 0.317 e. The van der Waals surface area contributed by atoms with Crippen molar-refractivity contribution < 1.29 is 4.42 Å². The summed E-state index contributed by atoms with van der Waals surface area (Å²) in [4.78, 5) is 4.44. The topological polar surface area (TPSA) is 71.4 Å². The number of rotatable bonds is 7. The first-order chi connectivity index (χ1) is 11.6. The van der Waals surface area contributed by atoms with Gasteiger partial charge in [0.15, 0.2) is 0 Å². The largest absolute Gasteiger partial charge is 0.406 e. The lowest BCUT2D eigenvalue weighted by Gasteiger charge is -2.26. The van der Waals surface area contributed by atoms with Crippen molar-refractivity contribution in [1.82, 2.24) is 15.1 Å². The molecule has 3 rings (SSSR count). The first-order valence-corrected chi connectivity index (χ1v) is 8.70. The summed E-state index contributed by atoms with van der Waals surface area (Å²) in [6.07, 6.45) is 5.35. The van der Waals surface area contributed by atoms with Crippen molar-refractivity contribution in [3.05, 3.63) is 41.8 Å². The van der Waals surface area contributed by atoms with Gasteiger partial charge in [-0.3, -0.25) is 0 Å². The molecule has 0 aliphatic heterocycles. The fraction of sp³-hybridized carbons (Fsp3) is 0.556. The first kappa shape index (κ1) is 16.9. The number of aromatic nitrogens is 2. The van der Waals surface area contributed by atoms with Crippen LogP contribution >= 0.6 is 0 Å². The van der Waals surface area contributed by atoms with Crippen molar-refractivity contribution in [3.8, 4) is 0 Å². The van der Waals surface area contributed by atoms with Crippen LogP contribution in [-0.2, 0) is 0 Å². The SMILES string of the molecule is CN(CCN(C)C1CCCC1)c1nnc([C@H](N)c2ccccc2)o1. The second-order valence-corrected chi connectivity index (χ2v) is 6.65. The average molecular weight is 329 g/mol. The van der Waals surface area contributed by atoms with Crippen LogP contribution in [0.2, 0.25) is 0 Å². The van der Waals surface area contributed by atoms with E-state index in [1.807, 2.05) is 42.3 Å². The molecular weight excluding hydrogens is 302 g/mol. The summed E-state index contributed by atoms with van der Waals surface area (Å²) in [5.41, 5.74) is 7.18. The van der Waals surface area contributed by atoms with Gasteiger partial charge in [-0.05, 0) is 25.5 Å². The zero-order valence-electron chi connectivity index (χ0n) is 14.6. The quantitative estimate of drug-likeness (QED) is 0.841. The molecule has 1 saturated carbocycles. The molecule has 1 aromatic carbocycles. The van der Waals surface area contributed by atoms with Gasteiger partial charge in [-0.1, -0.05) is 48.3 Å². The molecule has 1 aromatic heterocycles. The Bertz CT molecular complexity index is 623. The molecule has 1 aliphatic carbocycles. The Hall–Kier alpha value is -1.92. The Morgan fingerprint density at radius 1 is 1.12 bits per heavy atom. The number of hydrogen-bond donors (Lipinski definition) is 1. The fourth-order valence-corrected chi connectivity index (χ4v) is 3.24. The van der Waals surface area contributed by atoms with Crippen molar-refractivity contribution in [2.75, 3.05) is 32.1 Å². The van der Waals surface area contributed by atoms with Crippen LogP contribution in [-0.4, -0.2) is 48.3 Å². The highest BCUT2D eigenvalue weighted by molar-refractivity contribution is 5.26. The van der Waals surface area contributed by atoms with Gasteiger partial charge >= 0.3 is 6.01 Å². The van der Waals surface area contributed by atoms with Crippen molar-refractivity contribution in [2.45, 2.75) is 37.8 Å². The molecule has 6 heteroatoms. The van der Waals surface area contributed by atoms with E-state index >= 15 is 0 Å². The number of likely N-dealkylation sites (N-methyl/N-ethyl adjacent to an activating group) is 2. The lowest BCUT2D eigenvalue weighted by molar-refractivity contribution is 0.250. The molecule has 24 heavy (non-hydrogen) atoms. The molecule has 0 spiro atoms. The molecule has 2 N–H and O–H groups in total. The molecule has 6 nitrogen and oxygen atoms in total. The standard InChI is InChI=1S/C18H27N5O/c1-22(15-10-6-7-11-15)12-13-23(2)18-21-20-17(24-18)16(19)14-8-4-3-5-9-14/h3-5,8-9,15-16H,6-7,10-13,19H2,1-2H3/t16-/m1/s1. The predicted molar refractivity (Wildman–Crippen MR) is 94.9 cm³/mol. The van der Waals surface area contributed by atoms with E-state index in [4.69, 9.17) is 10.2 Å². The Morgan fingerprint density at radius 2 is 1.83 bits per heavy atom. The van der Waals surface area contributed by atoms with E-state index in [9.17, 15) is 0 Å². The van der Waals surface area contributed by atoms with Crippen molar-refractivity contribution in [1.29, 1.82) is 0 Å². The zero-order valence-corrected chi connectivity index (χ0v) is 14.6. The maximum Gasteiger partial charge on any atom is 0.317 e. The predicted octanol–water partition coefficient (Wildman–Crippen LogP) is 2.43. The van der Waals surface area contributed by atoms with Crippen molar-refractivity contribution in [2.24, 2.45) is 5.73 Å². The second-order valence-electron chi connectivity index (χ2n) is 6.65. The molecule has 130 valence electrons. The van der Waals surface area contributed by atoms with E-state index in [2.05, 4.69) is 22.1 Å². The number of nitrogens with zero attached hydrogens (tertiary/aromatic N) is 4. The van der Waals surface area contributed by atoms with Gasteiger partial charge in [0.25, 0.3) is 0 Å². The molecule has 2 aromatic rings. The summed E-state index contributed by atoms with van der Waals surface area (Å²) in [6, 6.07) is 10.7. The van der Waals surface area contributed by atoms with Crippen molar-refractivity contribution >= 4 is 6.01 Å². The second kappa shape index (κ2) is 7.77. The molecule has 0 amide bonds. The minimum absolute atomic E-state index is 0.387. The molecule has 0 saturated heterocycles. The molecular formula is C18H27N5O. The molecule has 1 fully saturated rings. The summed E-state index contributed by atoms with van der Waals surface area (Å²) < 4.78 is 5.78. The monoisotopic (exact) mass is 329 g/mol. The summed E-state index contributed by atoms with van der Waals surface area (Å²) >= 11 is 0. The van der Waals surface area contributed by atoms with Gasteiger partial charge < -0.3 is 20.0 Å². The highest BCUT2D eigenvalue weighted by atomic mass is 16.4. The number of benzene rings is 1. The molecule has 0 radical (unpaired) electrons. The van der Waals surface area contributed by atoms with E-state index in [1.54, 1.807) is 0 Å². The Labute approximate surface area is 143 Å². The van der Waals surface area contributed by atoms with Gasteiger partial charge in [0.1, 0.15) is 6.04 Å². The maximum atomic E-state index is 6.21. The van der Waals surface area contributed by atoms with E-state index in [0.29, 0.717) is 11.9 Å². The Balaban J connectivity index is 1.56. The van der Waals surface area contributed by atoms with Crippen LogP contribution < -0.4 is 10.6 Å². The summed E-state index contributed by atoms with van der Waals surface area (Å²) in [7, 11) is 4.18. The van der Waals surface area contributed by atoms with Crippen molar-refractivity contribution in [3.63, 3.8) is 0 Å². The van der Waals surface area contributed by atoms with Crippen LogP contribution in [0.4, 0.5) is 6.01 Å². The lowest BCUT2D eigenvalue weighted by atomic mass is 10.1. The highest BCUT2D eigenvalue weighted by Crippen LogP contribution is 2.23. The number of hydrogen-bond acceptors (Lipinski definition) is 6. The maximum absolute atomic E-state index is 6.21. The summed E-state index contributed by atoms with van der Waals surface area (Å²) in [5, 5.41) is 8.27. The lowest BCUT2D eigenvalue weighted by Crippen LogP contribution is -2.36. The van der Waals surface area contributed by atoms with Crippen LogP contribution in [0.5, 0.6) is 0 Å². The van der Waals surface area contributed by atoms with Gasteiger partial charge in [0.2, 0.25) is 5.89 Å². The molecule has 1 heterocycles. The van der Waals surface area contributed by atoms with Crippen LogP contribution in [0, 0.1) is 0 Å².